The minimum atomic E-state index is -1.03. The molecule has 0 spiro atoms. The molecule has 0 rings (SSSR count). The molecular weight excluding hydrogens is 526 g/mol. The van der Waals surface area contributed by atoms with E-state index in [0.717, 1.165) is 89.9 Å². The van der Waals surface area contributed by atoms with Gasteiger partial charge < -0.3 is 15.2 Å². The van der Waals surface area contributed by atoms with Crippen LogP contribution in [0.25, 0.3) is 0 Å². The Bertz CT molecular complexity index is 825. The molecule has 0 aromatic carbocycles. The third-order valence-corrected chi connectivity index (χ3v) is 6.70. The van der Waals surface area contributed by atoms with Crippen LogP contribution in [0.4, 0.5) is 0 Å². The molecule has 1 unspecified atom stereocenters. The summed E-state index contributed by atoms with van der Waals surface area (Å²) in [6.07, 6.45) is 39.3. The van der Waals surface area contributed by atoms with Crippen molar-refractivity contribution in [3.63, 3.8) is 0 Å². The van der Waals surface area contributed by atoms with Crippen LogP contribution < -0.4 is 5.32 Å². The summed E-state index contributed by atoms with van der Waals surface area (Å²) in [6.45, 7) is 4.01. The van der Waals surface area contributed by atoms with Gasteiger partial charge in [0.15, 0.2) is 0 Å². The van der Waals surface area contributed by atoms with Gasteiger partial charge in [-0.2, -0.15) is 0 Å². The van der Waals surface area contributed by atoms with Gasteiger partial charge in [0.25, 0.3) is 0 Å². The Morgan fingerprint density at radius 3 is 1.71 bits per heavy atom. The third-order valence-electron chi connectivity index (χ3n) is 6.70. The first kappa shape index (κ1) is 39.1. The van der Waals surface area contributed by atoms with Gasteiger partial charge in [0.05, 0.1) is 0 Å². The van der Waals surface area contributed by atoms with Crippen molar-refractivity contribution in [2.75, 3.05) is 6.54 Å². The van der Waals surface area contributed by atoms with Crippen LogP contribution in [0, 0.1) is 0 Å². The summed E-state index contributed by atoms with van der Waals surface area (Å²) in [6, 6.07) is 0. The Balaban J connectivity index is 4.07. The van der Waals surface area contributed by atoms with E-state index in [2.05, 4.69) is 79.9 Å². The Morgan fingerprint density at radius 2 is 1.17 bits per heavy atom. The normalized spacial score (nSPS) is 12.8. The predicted molar refractivity (Wildman–Crippen MR) is 175 cm³/mol. The SMILES string of the molecule is CC/C=C\C/C=C\C/C=C\C/C=C\C/C=C\CCCC(=O)OC(CCCCCC)CCCCCCC(=O)NCC(=O)O. The van der Waals surface area contributed by atoms with Crippen LogP contribution >= 0.6 is 0 Å². The Morgan fingerprint density at radius 1 is 0.643 bits per heavy atom. The van der Waals surface area contributed by atoms with Gasteiger partial charge in [-0.3, -0.25) is 14.4 Å². The number of carbonyl (C=O) groups excluding carboxylic acids is 2. The number of rotatable bonds is 28. The molecule has 2 N–H and O–H groups in total. The largest absolute Gasteiger partial charge is 0.480 e. The minimum Gasteiger partial charge on any atom is -0.480 e. The average molecular weight is 586 g/mol. The summed E-state index contributed by atoms with van der Waals surface area (Å²) in [7, 11) is 0. The van der Waals surface area contributed by atoms with Crippen molar-refractivity contribution in [2.45, 2.75) is 142 Å². The summed E-state index contributed by atoms with van der Waals surface area (Å²) >= 11 is 0. The maximum Gasteiger partial charge on any atom is 0.322 e. The highest BCUT2D eigenvalue weighted by molar-refractivity contribution is 5.80. The molecule has 0 bridgehead atoms. The van der Waals surface area contributed by atoms with E-state index in [1.54, 1.807) is 0 Å². The molecule has 0 aliphatic rings. The molecule has 6 heteroatoms. The molecule has 0 fully saturated rings. The molecule has 0 heterocycles. The number of ether oxygens (including phenoxy) is 1. The van der Waals surface area contributed by atoms with Gasteiger partial charge in [-0.25, -0.2) is 0 Å². The standard InChI is InChI=1S/C36H59NO5/c1-3-5-7-9-10-11-12-13-14-15-16-17-18-19-20-21-27-31-36(41)42-33(28-24-8-6-4-2)29-25-22-23-26-30-34(38)37-32-35(39)40/h5,7,10-11,13-14,16-17,19-20,33H,3-4,6,8-9,12,15,18,21-32H2,1-2H3,(H,37,38)(H,39,40)/b7-5-,11-10-,14-13-,17-16-,20-19-. The number of hydrogen-bond donors (Lipinski definition) is 2. The highest BCUT2D eigenvalue weighted by Crippen LogP contribution is 2.17. The fourth-order valence-corrected chi connectivity index (χ4v) is 4.31. The topological polar surface area (TPSA) is 92.7 Å². The number of nitrogens with one attached hydrogen (secondary N) is 1. The summed E-state index contributed by atoms with van der Waals surface area (Å²) in [5, 5.41) is 11.0. The molecule has 0 saturated heterocycles. The number of hydrogen-bond acceptors (Lipinski definition) is 4. The van der Waals surface area contributed by atoms with Gasteiger partial charge in [0, 0.05) is 12.8 Å². The van der Waals surface area contributed by atoms with Crippen LogP contribution in [-0.2, 0) is 19.1 Å². The molecule has 1 atom stereocenters. The van der Waals surface area contributed by atoms with Crippen LogP contribution in [-0.4, -0.2) is 35.6 Å². The van der Waals surface area contributed by atoms with Crippen LogP contribution in [0.2, 0.25) is 0 Å². The van der Waals surface area contributed by atoms with E-state index in [9.17, 15) is 14.4 Å². The number of aliphatic carboxylic acids is 1. The summed E-state index contributed by atoms with van der Waals surface area (Å²) in [5.41, 5.74) is 0. The number of allylic oxidation sites excluding steroid dienone is 10. The second kappa shape index (κ2) is 31.1. The molecule has 1 amide bonds. The van der Waals surface area contributed by atoms with Gasteiger partial charge in [-0.15, -0.1) is 0 Å². The highest BCUT2D eigenvalue weighted by Gasteiger charge is 2.14. The fraction of sp³-hybridized carbons (Fsp3) is 0.639. The van der Waals surface area contributed by atoms with Gasteiger partial charge >= 0.3 is 11.9 Å². The zero-order chi connectivity index (χ0) is 30.9. The van der Waals surface area contributed by atoms with Gasteiger partial charge in [0.1, 0.15) is 12.6 Å². The Kier molecular flexibility index (Phi) is 28.9. The second-order valence-corrected chi connectivity index (χ2v) is 10.7. The Hall–Kier alpha value is -2.89. The summed E-state index contributed by atoms with van der Waals surface area (Å²) in [5.74, 6) is -1.35. The molecule has 0 aliphatic carbocycles. The molecule has 0 saturated carbocycles. The predicted octanol–water partition coefficient (Wildman–Crippen LogP) is 9.33. The number of esters is 1. The van der Waals surface area contributed by atoms with Gasteiger partial charge in [0.2, 0.25) is 5.91 Å². The number of carboxylic acid groups (broad SMARTS) is 1. The van der Waals surface area contributed by atoms with Crippen molar-refractivity contribution < 1.29 is 24.2 Å². The average Bonchev–Trinajstić information content (AvgIpc) is 2.97. The zero-order valence-electron chi connectivity index (χ0n) is 26.6. The molecular formula is C36H59NO5. The van der Waals surface area contributed by atoms with Crippen LogP contribution in [0.3, 0.4) is 0 Å². The first-order valence-corrected chi connectivity index (χ1v) is 16.4. The third kappa shape index (κ3) is 30.1. The van der Waals surface area contributed by atoms with Crippen LogP contribution in [0.5, 0.6) is 0 Å². The maximum atomic E-state index is 12.5. The smallest absolute Gasteiger partial charge is 0.322 e. The lowest BCUT2D eigenvalue weighted by Crippen LogP contribution is -2.28. The quantitative estimate of drug-likeness (QED) is 0.0542. The second-order valence-electron chi connectivity index (χ2n) is 10.7. The molecule has 0 radical (unpaired) electrons. The lowest BCUT2D eigenvalue weighted by atomic mass is 10.0. The molecule has 6 nitrogen and oxygen atoms in total. The van der Waals surface area contributed by atoms with E-state index < -0.39 is 5.97 Å². The van der Waals surface area contributed by atoms with Crippen LogP contribution in [0.1, 0.15) is 136 Å². The first-order chi connectivity index (χ1) is 20.5. The number of carbonyl (C=O) groups is 3. The number of carboxylic acids is 1. The van der Waals surface area contributed by atoms with Crippen molar-refractivity contribution in [2.24, 2.45) is 0 Å². The monoisotopic (exact) mass is 585 g/mol. The van der Waals surface area contributed by atoms with E-state index in [-0.39, 0.29) is 24.5 Å². The van der Waals surface area contributed by atoms with E-state index in [1.165, 1.54) is 19.3 Å². The first-order valence-electron chi connectivity index (χ1n) is 16.4. The molecule has 0 aromatic heterocycles. The van der Waals surface area contributed by atoms with E-state index >= 15 is 0 Å². The highest BCUT2D eigenvalue weighted by atomic mass is 16.5. The van der Waals surface area contributed by atoms with Crippen molar-refractivity contribution >= 4 is 17.8 Å². The molecule has 0 aromatic rings. The summed E-state index contributed by atoms with van der Waals surface area (Å²) < 4.78 is 5.85. The van der Waals surface area contributed by atoms with E-state index in [1.807, 2.05) is 0 Å². The van der Waals surface area contributed by atoms with Crippen molar-refractivity contribution in [3.8, 4) is 0 Å². The van der Waals surface area contributed by atoms with Crippen molar-refractivity contribution in [3.05, 3.63) is 60.8 Å². The number of unbranched alkanes of at least 4 members (excludes halogenated alkanes) is 7. The lowest BCUT2D eigenvalue weighted by molar-refractivity contribution is -0.150. The van der Waals surface area contributed by atoms with Crippen molar-refractivity contribution in [1.82, 2.24) is 5.32 Å². The maximum absolute atomic E-state index is 12.5. The lowest BCUT2D eigenvalue weighted by Gasteiger charge is -2.18. The molecule has 42 heavy (non-hydrogen) atoms. The van der Waals surface area contributed by atoms with Gasteiger partial charge in [-0.1, -0.05) is 107 Å². The molecule has 0 aliphatic heterocycles. The minimum absolute atomic E-state index is 0.0260. The molecule has 238 valence electrons. The van der Waals surface area contributed by atoms with Crippen LogP contribution in [0.15, 0.2) is 60.8 Å². The fourth-order valence-electron chi connectivity index (χ4n) is 4.31. The Labute approximate surface area is 256 Å². The van der Waals surface area contributed by atoms with Gasteiger partial charge in [-0.05, 0) is 77.0 Å². The number of amides is 1. The van der Waals surface area contributed by atoms with E-state index in [4.69, 9.17) is 9.84 Å². The zero-order valence-corrected chi connectivity index (χ0v) is 26.6. The van der Waals surface area contributed by atoms with E-state index in [0.29, 0.717) is 12.8 Å². The summed E-state index contributed by atoms with van der Waals surface area (Å²) in [4.78, 5) is 34.6. The van der Waals surface area contributed by atoms with Crippen molar-refractivity contribution in [1.29, 1.82) is 0 Å².